The summed E-state index contributed by atoms with van der Waals surface area (Å²) in [7, 11) is 0. The zero-order valence-corrected chi connectivity index (χ0v) is 22.8. The number of pyridine rings is 2. The van der Waals surface area contributed by atoms with Gasteiger partial charge in [-0.15, -0.1) is 0 Å². The molecule has 0 fully saturated rings. The van der Waals surface area contributed by atoms with Crippen molar-refractivity contribution in [1.29, 1.82) is 0 Å². The molecule has 0 amide bonds. The van der Waals surface area contributed by atoms with Crippen molar-refractivity contribution in [1.82, 2.24) is 19.1 Å². The van der Waals surface area contributed by atoms with Crippen molar-refractivity contribution in [2.75, 3.05) is 0 Å². The lowest BCUT2D eigenvalue weighted by atomic mass is 9.34. The number of fused-ring (bicyclic) bond motifs is 12. The molecule has 12 rings (SSSR count). The van der Waals surface area contributed by atoms with Crippen LogP contribution < -0.4 is 16.4 Å². The van der Waals surface area contributed by atoms with Crippen molar-refractivity contribution in [3.63, 3.8) is 0 Å². The molecule has 4 aromatic heterocycles. The molecule has 4 nitrogen and oxygen atoms in total. The molecule has 194 valence electrons. The molecule has 43 heavy (non-hydrogen) atoms. The molecule has 0 saturated heterocycles. The maximum absolute atomic E-state index is 5.07. The molecule has 0 aliphatic carbocycles. The molecule has 2 aliphatic heterocycles. The molecule has 0 unspecified atom stereocenters. The SMILES string of the molecule is c1cc2ncc3c4c5c(c6cnc(c1)c2c36)-n1c2ccccc2c2cccc(c21)B5c1cccc2c3ccccc3n-4c12. The highest BCUT2D eigenvalue weighted by molar-refractivity contribution is 7.00. The molecular weight excluding hydrogens is 523 g/mol. The largest absolute Gasteiger partial charge is 0.310 e. The van der Waals surface area contributed by atoms with Crippen LogP contribution in [0.15, 0.2) is 116 Å². The second-order valence-corrected chi connectivity index (χ2v) is 12.1. The summed E-state index contributed by atoms with van der Waals surface area (Å²) in [4.78, 5) is 10.1. The average molecular weight is 542 g/mol. The van der Waals surface area contributed by atoms with E-state index in [-0.39, 0.29) is 6.71 Å². The second kappa shape index (κ2) is 6.85. The molecule has 0 atom stereocenters. The van der Waals surface area contributed by atoms with Crippen molar-refractivity contribution in [2.24, 2.45) is 0 Å². The van der Waals surface area contributed by atoms with Crippen LogP contribution in [-0.2, 0) is 0 Å². The summed E-state index contributed by atoms with van der Waals surface area (Å²) in [6.45, 7) is 0.0907. The fourth-order valence-electron chi connectivity index (χ4n) is 8.83. The quantitative estimate of drug-likeness (QED) is 0.158. The van der Waals surface area contributed by atoms with Gasteiger partial charge in [0.1, 0.15) is 0 Å². The first-order valence-corrected chi connectivity index (χ1v) is 14.9. The van der Waals surface area contributed by atoms with Gasteiger partial charge in [-0.25, -0.2) is 0 Å². The van der Waals surface area contributed by atoms with Crippen LogP contribution in [0.3, 0.4) is 0 Å². The van der Waals surface area contributed by atoms with Gasteiger partial charge < -0.3 is 9.13 Å². The molecule has 10 aromatic rings. The van der Waals surface area contributed by atoms with Crippen LogP contribution in [0, 0.1) is 0 Å². The Bertz CT molecular complexity index is 2720. The van der Waals surface area contributed by atoms with Gasteiger partial charge in [0.15, 0.2) is 0 Å². The first-order valence-electron chi connectivity index (χ1n) is 14.9. The van der Waals surface area contributed by atoms with Gasteiger partial charge in [0.25, 0.3) is 6.71 Å². The third-order valence-corrected chi connectivity index (χ3v) is 10.3. The fourth-order valence-corrected chi connectivity index (χ4v) is 8.83. The summed E-state index contributed by atoms with van der Waals surface area (Å²) in [6.07, 6.45) is 4.24. The monoisotopic (exact) mass is 542 g/mol. The molecule has 0 radical (unpaired) electrons. The minimum atomic E-state index is 0.0907. The van der Waals surface area contributed by atoms with Crippen molar-refractivity contribution in [3.05, 3.63) is 116 Å². The molecule has 2 aliphatic rings. The Morgan fingerprint density at radius 3 is 1.49 bits per heavy atom. The maximum atomic E-state index is 5.07. The van der Waals surface area contributed by atoms with E-state index < -0.39 is 0 Å². The highest BCUT2D eigenvalue weighted by Crippen LogP contribution is 2.45. The first kappa shape index (κ1) is 21.1. The smallest absolute Gasteiger partial charge is 0.252 e. The van der Waals surface area contributed by atoms with Crippen LogP contribution in [0.25, 0.3) is 87.6 Å². The number of aromatic nitrogens is 4. The summed E-state index contributed by atoms with van der Waals surface area (Å²) in [6, 6.07) is 37.8. The van der Waals surface area contributed by atoms with E-state index in [1.165, 1.54) is 87.5 Å². The number of hydrogen-bond donors (Lipinski definition) is 0. The Balaban J connectivity index is 1.47. The van der Waals surface area contributed by atoms with Crippen LogP contribution in [0.2, 0.25) is 0 Å². The van der Waals surface area contributed by atoms with E-state index in [2.05, 4.69) is 125 Å². The minimum Gasteiger partial charge on any atom is -0.310 e. The summed E-state index contributed by atoms with van der Waals surface area (Å²) in [5.74, 6) is 0. The van der Waals surface area contributed by atoms with Crippen LogP contribution in [0.5, 0.6) is 0 Å². The predicted molar refractivity (Wildman–Crippen MR) is 179 cm³/mol. The van der Waals surface area contributed by atoms with Crippen LogP contribution in [0.1, 0.15) is 0 Å². The van der Waals surface area contributed by atoms with E-state index in [0.29, 0.717) is 0 Å². The maximum Gasteiger partial charge on any atom is 0.252 e. The lowest BCUT2D eigenvalue weighted by molar-refractivity contribution is 1.16. The first-order chi connectivity index (χ1) is 21.4. The Kier molecular flexibility index (Phi) is 3.36. The standard InChI is InChI=1S/C38H19BN4/c1-3-16-30-20(8-1)22-10-5-12-26-35(22)42(30)37-24-18-40-28-14-7-15-29-33(28)32(24)25(19-41-29)38-34(37)39(26)27-13-6-11-23-21-9-2-4-17-31(21)43(38)36(23)27/h1-19H. The highest BCUT2D eigenvalue weighted by Gasteiger charge is 2.42. The summed E-state index contributed by atoms with van der Waals surface area (Å²) in [5.41, 5.74) is 13.6. The topological polar surface area (TPSA) is 35.6 Å². The predicted octanol–water partition coefficient (Wildman–Crippen LogP) is 6.71. The number of nitrogens with zero attached hydrogens (tertiary/aromatic N) is 4. The third kappa shape index (κ3) is 2.17. The van der Waals surface area contributed by atoms with Gasteiger partial charge in [0.2, 0.25) is 0 Å². The van der Waals surface area contributed by atoms with Crippen molar-refractivity contribution >= 4 is 99.3 Å². The van der Waals surface area contributed by atoms with Gasteiger partial charge in [0.05, 0.1) is 33.4 Å². The van der Waals surface area contributed by atoms with E-state index in [4.69, 9.17) is 9.97 Å². The van der Waals surface area contributed by atoms with E-state index in [1.54, 1.807) is 0 Å². The van der Waals surface area contributed by atoms with Crippen LogP contribution in [0.4, 0.5) is 0 Å². The van der Waals surface area contributed by atoms with Crippen molar-refractivity contribution < 1.29 is 0 Å². The number of rotatable bonds is 0. The Labute approximate surface area is 244 Å². The second-order valence-electron chi connectivity index (χ2n) is 12.1. The van der Waals surface area contributed by atoms with E-state index in [9.17, 15) is 0 Å². The van der Waals surface area contributed by atoms with Crippen LogP contribution in [-0.4, -0.2) is 25.8 Å². The molecule has 6 heterocycles. The van der Waals surface area contributed by atoms with E-state index >= 15 is 0 Å². The molecular formula is C38H19BN4. The van der Waals surface area contributed by atoms with Gasteiger partial charge >= 0.3 is 0 Å². The molecule has 5 heteroatoms. The Hall–Kier alpha value is -5.68. The fraction of sp³-hybridized carbons (Fsp3) is 0. The molecule has 0 bridgehead atoms. The normalized spacial score (nSPS) is 13.5. The third-order valence-electron chi connectivity index (χ3n) is 10.3. The van der Waals surface area contributed by atoms with E-state index in [1.807, 2.05) is 0 Å². The number of benzene rings is 6. The molecule has 0 saturated carbocycles. The molecule has 6 aromatic carbocycles. The van der Waals surface area contributed by atoms with E-state index in [0.717, 1.165) is 16.4 Å². The number of hydrogen-bond acceptors (Lipinski definition) is 2. The van der Waals surface area contributed by atoms with Crippen molar-refractivity contribution in [3.8, 4) is 11.4 Å². The lowest BCUT2D eigenvalue weighted by Gasteiger charge is -2.35. The zero-order chi connectivity index (χ0) is 27.6. The van der Waals surface area contributed by atoms with Gasteiger partial charge in [0, 0.05) is 66.5 Å². The summed E-state index contributed by atoms with van der Waals surface area (Å²) < 4.78 is 5.10. The molecule has 0 N–H and O–H groups in total. The van der Waals surface area contributed by atoms with Crippen LogP contribution >= 0.6 is 0 Å². The lowest BCUT2D eigenvalue weighted by Crippen LogP contribution is -2.59. The van der Waals surface area contributed by atoms with Crippen molar-refractivity contribution in [2.45, 2.75) is 0 Å². The average Bonchev–Trinajstić information content (AvgIpc) is 3.58. The highest BCUT2D eigenvalue weighted by atomic mass is 15.0. The Morgan fingerprint density at radius 1 is 0.442 bits per heavy atom. The van der Waals surface area contributed by atoms with Gasteiger partial charge in [-0.1, -0.05) is 78.9 Å². The van der Waals surface area contributed by atoms with Gasteiger partial charge in [-0.3, -0.25) is 9.97 Å². The van der Waals surface area contributed by atoms with Gasteiger partial charge in [-0.2, -0.15) is 0 Å². The minimum absolute atomic E-state index is 0.0907. The molecule has 0 spiro atoms. The number of para-hydroxylation sites is 4. The summed E-state index contributed by atoms with van der Waals surface area (Å²) in [5, 5.41) is 9.96. The Morgan fingerprint density at radius 2 is 0.930 bits per heavy atom. The van der Waals surface area contributed by atoms with Gasteiger partial charge in [-0.05, 0) is 40.7 Å². The zero-order valence-electron chi connectivity index (χ0n) is 22.8. The summed E-state index contributed by atoms with van der Waals surface area (Å²) >= 11 is 0.